The van der Waals surface area contributed by atoms with Crippen LogP contribution in [0.4, 0.5) is 4.39 Å². The molecule has 3 nitrogen and oxygen atoms in total. The van der Waals surface area contributed by atoms with E-state index in [4.69, 9.17) is 0 Å². The first kappa shape index (κ1) is 18.6. The van der Waals surface area contributed by atoms with Crippen LogP contribution in [0, 0.1) is 11.7 Å². The number of hydrogen-bond acceptors (Lipinski definition) is 2. The monoisotopic (exact) mass is 354 g/mol. The van der Waals surface area contributed by atoms with Crippen molar-refractivity contribution in [2.75, 3.05) is 19.6 Å². The first-order valence-corrected chi connectivity index (χ1v) is 9.42. The molecule has 26 heavy (non-hydrogen) atoms. The Bertz CT molecular complexity index is 694. The van der Waals surface area contributed by atoms with Gasteiger partial charge in [0.05, 0.1) is 12.5 Å². The maximum absolute atomic E-state index is 13.0. The molecule has 0 spiro atoms. The van der Waals surface area contributed by atoms with Crippen molar-refractivity contribution in [3.8, 4) is 0 Å². The minimum Gasteiger partial charge on any atom is -0.354 e. The summed E-state index contributed by atoms with van der Waals surface area (Å²) in [7, 11) is 0. The van der Waals surface area contributed by atoms with E-state index < -0.39 is 0 Å². The van der Waals surface area contributed by atoms with Crippen LogP contribution in [0.15, 0.2) is 54.6 Å². The summed E-state index contributed by atoms with van der Waals surface area (Å²) < 4.78 is 13.0. The van der Waals surface area contributed by atoms with Crippen molar-refractivity contribution < 1.29 is 9.18 Å². The van der Waals surface area contributed by atoms with Crippen molar-refractivity contribution in [2.24, 2.45) is 5.92 Å². The molecule has 2 aromatic rings. The van der Waals surface area contributed by atoms with Gasteiger partial charge in [-0.05, 0) is 55.1 Å². The Morgan fingerprint density at radius 3 is 2.42 bits per heavy atom. The van der Waals surface area contributed by atoms with E-state index in [2.05, 4.69) is 41.4 Å². The largest absolute Gasteiger partial charge is 0.354 e. The fourth-order valence-corrected chi connectivity index (χ4v) is 3.53. The minimum atomic E-state index is -0.280. The molecule has 1 aliphatic heterocycles. The van der Waals surface area contributed by atoms with E-state index in [9.17, 15) is 9.18 Å². The van der Waals surface area contributed by atoms with Gasteiger partial charge in [-0.3, -0.25) is 9.69 Å². The zero-order valence-electron chi connectivity index (χ0n) is 15.3. The highest BCUT2D eigenvalue weighted by Gasteiger charge is 2.24. The highest BCUT2D eigenvalue weighted by Crippen LogP contribution is 2.26. The Hall–Kier alpha value is -2.20. The van der Waals surface area contributed by atoms with Crippen LogP contribution in [0.3, 0.4) is 0 Å². The van der Waals surface area contributed by atoms with Crippen LogP contribution in [-0.4, -0.2) is 30.4 Å². The molecule has 1 amide bonds. The number of likely N-dealkylation sites (tertiary alicyclic amines) is 1. The summed E-state index contributed by atoms with van der Waals surface area (Å²) >= 11 is 0. The van der Waals surface area contributed by atoms with Crippen LogP contribution < -0.4 is 5.32 Å². The number of hydrogen-bond donors (Lipinski definition) is 1. The Kier molecular flexibility index (Phi) is 6.40. The number of amides is 1. The second-order valence-electron chi connectivity index (χ2n) is 7.25. The summed E-state index contributed by atoms with van der Waals surface area (Å²) in [6.45, 7) is 5.03. The zero-order valence-corrected chi connectivity index (χ0v) is 15.3. The fourth-order valence-electron chi connectivity index (χ4n) is 3.53. The average Bonchev–Trinajstić information content (AvgIpc) is 2.66. The van der Waals surface area contributed by atoms with E-state index in [-0.39, 0.29) is 24.2 Å². The second kappa shape index (κ2) is 8.95. The predicted octanol–water partition coefficient (Wildman–Crippen LogP) is 3.96. The molecule has 1 aliphatic rings. The maximum Gasteiger partial charge on any atom is 0.224 e. The second-order valence-corrected chi connectivity index (χ2v) is 7.25. The lowest BCUT2D eigenvalue weighted by Gasteiger charge is -2.37. The van der Waals surface area contributed by atoms with Crippen LogP contribution >= 0.6 is 0 Å². The third kappa shape index (κ3) is 5.15. The molecule has 0 bridgehead atoms. The summed E-state index contributed by atoms with van der Waals surface area (Å²) in [4.78, 5) is 14.8. The molecular weight excluding hydrogens is 327 g/mol. The number of nitrogens with one attached hydrogen (secondary N) is 1. The summed E-state index contributed by atoms with van der Waals surface area (Å²) in [5, 5.41) is 3.08. The molecule has 0 aliphatic carbocycles. The van der Waals surface area contributed by atoms with Gasteiger partial charge in [0.2, 0.25) is 5.91 Å². The van der Waals surface area contributed by atoms with Crippen LogP contribution in [0.25, 0.3) is 0 Å². The summed E-state index contributed by atoms with van der Waals surface area (Å²) in [6, 6.07) is 16.7. The van der Waals surface area contributed by atoms with Crippen molar-refractivity contribution >= 4 is 5.91 Å². The van der Waals surface area contributed by atoms with E-state index in [1.165, 1.54) is 30.5 Å². The van der Waals surface area contributed by atoms with E-state index in [1.54, 1.807) is 12.1 Å². The van der Waals surface area contributed by atoms with Gasteiger partial charge in [0.1, 0.15) is 5.82 Å². The molecule has 0 radical (unpaired) electrons. The third-order valence-electron chi connectivity index (χ3n) is 5.21. The van der Waals surface area contributed by atoms with Crippen molar-refractivity contribution in [1.29, 1.82) is 0 Å². The molecule has 1 saturated heterocycles. The van der Waals surface area contributed by atoms with Gasteiger partial charge in [-0.2, -0.15) is 0 Å². The molecule has 1 fully saturated rings. The van der Waals surface area contributed by atoms with Crippen LogP contribution in [0.5, 0.6) is 0 Å². The lowest BCUT2D eigenvalue weighted by Crippen LogP contribution is -2.42. The molecule has 138 valence electrons. The quantitative estimate of drug-likeness (QED) is 0.852. The highest BCUT2D eigenvalue weighted by molar-refractivity contribution is 5.78. The van der Waals surface area contributed by atoms with Gasteiger partial charge in [0.25, 0.3) is 0 Å². The average molecular weight is 354 g/mol. The number of halogens is 1. The molecule has 0 saturated carbocycles. The molecule has 4 heteroatoms. The zero-order chi connectivity index (χ0) is 18.4. The van der Waals surface area contributed by atoms with E-state index in [0.717, 1.165) is 24.6 Å². The molecule has 2 aromatic carbocycles. The smallest absolute Gasteiger partial charge is 0.224 e. The Labute approximate surface area is 155 Å². The molecule has 1 atom stereocenters. The van der Waals surface area contributed by atoms with Gasteiger partial charge >= 0.3 is 0 Å². The van der Waals surface area contributed by atoms with Crippen LogP contribution in [0.2, 0.25) is 0 Å². The van der Waals surface area contributed by atoms with E-state index in [1.807, 2.05) is 6.07 Å². The first-order chi connectivity index (χ1) is 12.6. The van der Waals surface area contributed by atoms with Crippen LogP contribution in [0.1, 0.15) is 36.9 Å². The summed E-state index contributed by atoms with van der Waals surface area (Å²) in [6.07, 6.45) is 2.68. The van der Waals surface area contributed by atoms with Gasteiger partial charge in [-0.15, -0.1) is 0 Å². The number of benzene rings is 2. The lowest BCUT2D eigenvalue weighted by molar-refractivity contribution is -0.120. The van der Waals surface area contributed by atoms with E-state index >= 15 is 0 Å². The predicted molar refractivity (Wildman–Crippen MR) is 102 cm³/mol. The van der Waals surface area contributed by atoms with Gasteiger partial charge in [0, 0.05) is 6.54 Å². The highest BCUT2D eigenvalue weighted by atomic mass is 19.1. The Balaban J connectivity index is 1.62. The fraction of sp³-hybridized carbons (Fsp3) is 0.409. The molecule has 0 aromatic heterocycles. The molecule has 3 rings (SSSR count). The lowest BCUT2D eigenvalue weighted by atomic mass is 9.95. The van der Waals surface area contributed by atoms with Gasteiger partial charge in [0.15, 0.2) is 0 Å². The number of piperidine rings is 1. The maximum atomic E-state index is 13.0. The van der Waals surface area contributed by atoms with Crippen molar-refractivity contribution in [3.05, 3.63) is 71.5 Å². The minimum absolute atomic E-state index is 0.0251. The summed E-state index contributed by atoms with van der Waals surface area (Å²) in [5.41, 5.74) is 2.07. The Morgan fingerprint density at radius 2 is 1.77 bits per heavy atom. The normalized spacial score (nSPS) is 17.0. The molecular formula is C22H27FN2O. The number of carbonyl (C=O) groups excluding carboxylic acids is 1. The van der Waals surface area contributed by atoms with Gasteiger partial charge in [-0.25, -0.2) is 4.39 Å². The van der Waals surface area contributed by atoms with Crippen LogP contribution in [-0.2, 0) is 11.2 Å². The van der Waals surface area contributed by atoms with Crippen molar-refractivity contribution in [1.82, 2.24) is 10.2 Å². The SMILES string of the molecule is CC1CCN(C(CNC(=O)Cc2ccc(F)cc2)c2ccccc2)CC1. The number of nitrogens with zero attached hydrogens (tertiary/aromatic N) is 1. The Morgan fingerprint density at radius 1 is 1.12 bits per heavy atom. The first-order valence-electron chi connectivity index (χ1n) is 9.42. The topological polar surface area (TPSA) is 32.3 Å². The molecule has 1 N–H and O–H groups in total. The molecule has 1 unspecified atom stereocenters. The third-order valence-corrected chi connectivity index (χ3v) is 5.21. The summed E-state index contributed by atoms with van der Waals surface area (Å²) in [5.74, 6) is 0.469. The van der Waals surface area contributed by atoms with Crippen molar-refractivity contribution in [2.45, 2.75) is 32.2 Å². The van der Waals surface area contributed by atoms with Gasteiger partial charge < -0.3 is 5.32 Å². The number of rotatable bonds is 6. The van der Waals surface area contributed by atoms with E-state index in [0.29, 0.717) is 6.54 Å². The van der Waals surface area contributed by atoms with Crippen molar-refractivity contribution in [3.63, 3.8) is 0 Å². The van der Waals surface area contributed by atoms with Gasteiger partial charge in [-0.1, -0.05) is 49.4 Å². The molecule has 1 heterocycles. The standard InChI is InChI=1S/C22H27FN2O/c1-17-11-13-25(14-12-17)21(19-5-3-2-4-6-19)16-24-22(26)15-18-7-9-20(23)10-8-18/h2-10,17,21H,11-16H2,1H3,(H,24,26). The number of carbonyl (C=O) groups is 1.